The largest absolute Gasteiger partial charge is 0.399 e. The molecule has 2 aromatic rings. The van der Waals surface area contributed by atoms with Gasteiger partial charge in [-0.3, -0.25) is 0 Å². The molecule has 0 spiro atoms. The highest BCUT2D eigenvalue weighted by Gasteiger charge is 2.01. The normalized spacial score (nSPS) is 10.2. The molecule has 0 radical (unpaired) electrons. The summed E-state index contributed by atoms with van der Waals surface area (Å²) in [5, 5.41) is 3.36. The highest BCUT2D eigenvalue weighted by Crippen LogP contribution is 2.26. The summed E-state index contributed by atoms with van der Waals surface area (Å²) in [6.45, 7) is 0.768. The van der Waals surface area contributed by atoms with Crippen molar-refractivity contribution in [1.29, 1.82) is 0 Å². The summed E-state index contributed by atoms with van der Waals surface area (Å²) >= 11 is 7.01. The number of rotatable bonds is 3. The summed E-state index contributed by atoms with van der Waals surface area (Å²) in [6, 6.07) is 13.9. The highest BCUT2D eigenvalue weighted by molar-refractivity contribution is 9.11. The van der Waals surface area contributed by atoms with Crippen LogP contribution in [0.25, 0.3) is 0 Å². The van der Waals surface area contributed by atoms with Gasteiger partial charge in [0, 0.05) is 26.9 Å². The van der Waals surface area contributed by atoms with Crippen molar-refractivity contribution in [3.05, 3.63) is 57.0 Å². The highest BCUT2D eigenvalue weighted by atomic mass is 79.9. The molecule has 0 fully saturated rings. The SMILES string of the molecule is Nc1ccc(NCc2ccccc2Br)c(Br)c1. The van der Waals surface area contributed by atoms with Crippen LogP contribution in [-0.2, 0) is 6.54 Å². The van der Waals surface area contributed by atoms with E-state index in [1.807, 2.05) is 36.4 Å². The maximum absolute atomic E-state index is 5.69. The second-order valence-corrected chi connectivity index (χ2v) is 5.39. The number of benzene rings is 2. The fraction of sp³-hybridized carbons (Fsp3) is 0.0769. The van der Waals surface area contributed by atoms with E-state index in [0.717, 1.165) is 26.9 Å². The zero-order chi connectivity index (χ0) is 12.3. The molecule has 4 heteroatoms. The lowest BCUT2D eigenvalue weighted by molar-refractivity contribution is 1.13. The third-order valence-corrected chi connectivity index (χ3v) is 3.85. The summed E-state index contributed by atoms with van der Waals surface area (Å²) in [4.78, 5) is 0. The van der Waals surface area contributed by atoms with Crippen molar-refractivity contribution < 1.29 is 0 Å². The number of hydrogen-bond acceptors (Lipinski definition) is 2. The average molecular weight is 356 g/mol. The first-order valence-corrected chi connectivity index (χ1v) is 6.78. The Labute approximate surface area is 117 Å². The van der Waals surface area contributed by atoms with Crippen LogP contribution >= 0.6 is 31.9 Å². The molecule has 3 N–H and O–H groups in total. The Morgan fingerprint density at radius 1 is 1.00 bits per heavy atom. The lowest BCUT2D eigenvalue weighted by Crippen LogP contribution is -2.01. The maximum Gasteiger partial charge on any atom is 0.0488 e. The third-order valence-electron chi connectivity index (χ3n) is 2.42. The van der Waals surface area contributed by atoms with Gasteiger partial charge in [-0.05, 0) is 45.8 Å². The van der Waals surface area contributed by atoms with Crippen molar-refractivity contribution in [2.45, 2.75) is 6.54 Å². The van der Waals surface area contributed by atoms with E-state index in [1.165, 1.54) is 5.56 Å². The van der Waals surface area contributed by atoms with Crippen LogP contribution in [0.5, 0.6) is 0 Å². The number of nitrogens with two attached hydrogens (primary N) is 1. The Balaban J connectivity index is 2.10. The molecule has 0 atom stereocenters. The van der Waals surface area contributed by atoms with E-state index in [9.17, 15) is 0 Å². The Bertz CT molecular complexity index is 527. The molecule has 0 heterocycles. The minimum atomic E-state index is 0.753. The van der Waals surface area contributed by atoms with E-state index in [-0.39, 0.29) is 0 Å². The van der Waals surface area contributed by atoms with Crippen LogP contribution in [-0.4, -0.2) is 0 Å². The molecule has 0 bridgehead atoms. The summed E-state index contributed by atoms with van der Waals surface area (Å²) in [5.41, 5.74) is 8.70. The second kappa shape index (κ2) is 5.56. The van der Waals surface area contributed by atoms with Crippen LogP contribution in [0, 0.1) is 0 Å². The Kier molecular flexibility index (Phi) is 4.07. The molecule has 2 nitrogen and oxygen atoms in total. The van der Waals surface area contributed by atoms with Gasteiger partial charge in [0.25, 0.3) is 0 Å². The van der Waals surface area contributed by atoms with Gasteiger partial charge in [-0.1, -0.05) is 34.1 Å². The van der Waals surface area contributed by atoms with Gasteiger partial charge in [-0.25, -0.2) is 0 Å². The van der Waals surface area contributed by atoms with E-state index in [1.54, 1.807) is 0 Å². The van der Waals surface area contributed by atoms with Gasteiger partial charge in [0.1, 0.15) is 0 Å². The number of nitrogen functional groups attached to an aromatic ring is 1. The van der Waals surface area contributed by atoms with Gasteiger partial charge in [-0.15, -0.1) is 0 Å². The van der Waals surface area contributed by atoms with Crippen molar-refractivity contribution in [1.82, 2.24) is 0 Å². The van der Waals surface area contributed by atoms with Gasteiger partial charge < -0.3 is 11.1 Å². The van der Waals surface area contributed by atoms with Gasteiger partial charge in [0.15, 0.2) is 0 Å². The molecule has 0 saturated carbocycles. The molecule has 0 unspecified atom stereocenters. The van der Waals surface area contributed by atoms with Crippen molar-refractivity contribution in [3.63, 3.8) is 0 Å². The Hall–Kier alpha value is -1.000. The van der Waals surface area contributed by atoms with Crippen molar-refractivity contribution in [3.8, 4) is 0 Å². The van der Waals surface area contributed by atoms with Crippen LogP contribution in [0.2, 0.25) is 0 Å². The topological polar surface area (TPSA) is 38.0 Å². The van der Waals surface area contributed by atoms with Gasteiger partial charge in [0.2, 0.25) is 0 Å². The monoisotopic (exact) mass is 354 g/mol. The molecular weight excluding hydrogens is 344 g/mol. The smallest absolute Gasteiger partial charge is 0.0488 e. The zero-order valence-corrected chi connectivity index (χ0v) is 12.3. The van der Waals surface area contributed by atoms with Crippen molar-refractivity contribution in [2.24, 2.45) is 0 Å². The fourth-order valence-corrected chi connectivity index (χ4v) is 2.47. The average Bonchev–Trinajstić information content (AvgIpc) is 2.30. The lowest BCUT2D eigenvalue weighted by Gasteiger charge is -2.10. The van der Waals surface area contributed by atoms with Crippen molar-refractivity contribution >= 4 is 43.2 Å². The number of nitrogens with one attached hydrogen (secondary N) is 1. The predicted molar refractivity (Wildman–Crippen MR) is 80.0 cm³/mol. The molecule has 0 aliphatic rings. The van der Waals surface area contributed by atoms with Gasteiger partial charge >= 0.3 is 0 Å². The molecule has 2 rings (SSSR count). The molecule has 0 aromatic heterocycles. The van der Waals surface area contributed by atoms with E-state index >= 15 is 0 Å². The predicted octanol–water partition coefficient (Wildman–Crippen LogP) is 4.41. The van der Waals surface area contributed by atoms with Crippen LogP contribution in [0.4, 0.5) is 11.4 Å². The second-order valence-electron chi connectivity index (χ2n) is 3.68. The molecule has 88 valence electrons. The molecule has 17 heavy (non-hydrogen) atoms. The van der Waals surface area contributed by atoms with Crippen molar-refractivity contribution in [2.75, 3.05) is 11.1 Å². The summed E-state index contributed by atoms with van der Waals surface area (Å²) in [7, 11) is 0. The molecular formula is C13H12Br2N2. The summed E-state index contributed by atoms with van der Waals surface area (Å²) in [5.74, 6) is 0. The standard InChI is InChI=1S/C13H12Br2N2/c14-11-4-2-1-3-9(11)8-17-13-6-5-10(16)7-12(13)15/h1-7,17H,8,16H2. The third kappa shape index (κ3) is 3.23. The summed E-state index contributed by atoms with van der Waals surface area (Å²) in [6.07, 6.45) is 0. The van der Waals surface area contributed by atoms with E-state index in [2.05, 4.69) is 43.2 Å². The van der Waals surface area contributed by atoms with Crippen LogP contribution in [0.3, 0.4) is 0 Å². The Morgan fingerprint density at radius 2 is 1.76 bits per heavy atom. The first kappa shape index (κ1) is 12.5. The molecule has 2 aromatic carbocycles. The van der Waals surface area contributed by atoms with Crippen LogP contribution in [0.15, 0.2) is 51.4 Å². The molecule has 0 aliphatic carbocycles. The van der Waals surface area contributed by atoms with Crippen LogP contribution in [0.1, 0.15) is 5.56 Å². The molecule has 0 saturated heterocycles. The lowest BCUT2D eigenvalue weighted by atomic mass is 10.2. The van der Waals surface area contributed by atoms with Gasteiger partial charge in [-0.2, -0.15) is 0 Å². The Morgan fingerprint density at radius 3 is 2.47 bits per heavy atom. The maximum atomic E-state index is 5.69. The zero-order valence-electron chi connectivity index (χ0n) is 9.08. The number of halogens is 2. The molecule has 0 amide bonds. The quantitative estimate of drug-likeness (QED) is 0.800. The van der Waals surface area contributed by atoms with E-state index < -0.39 is 0 Å². The fourth-order valence-electron chi connectivity index (χ4n) is 1.51. The number of anilines is 2. The molecule has 0 aliphatic heterocycles. The van der Waals surface area contributed by atoms with E-state index in [4.69, 9.17) is 5.73 Å². The first-order valence-electron chi connectivity index (χ1n) is 5.19. The van der Waals surface area contributed by atoms with Gasteiger partial charge in [0.05, 0.1) is 0 Å². The van der Waals surface area contributed by atoms with E-state index in [0.29, 0.717) is 0 Å². The minimum Gasteiger partial charge on any atom is -0.399 e. The summed E-state index contributed by atoms with van der Waals surface area (Å²) < 4.78 is 2.09. The first-order chi connectivity index (χ1) is 8.16. The van der Waals surface area contributed by atoms with Crippen LogP contribution < -0.4 is 11.1 Å². The number of hydrogen-bond donors (Lipinski definition) is 2. The minimum absolute atomic E-state index is 0.753.